The van der Waals surface area contributed by atoms with Gasteiger partial charge in [0.05, 0.1) is 27.8 Å². The van der Waals surface area contributed by atoms with Crippen LogP contribution in [0.25, 0.3) is 0 Å². The topological polar surface area (TPSA) is 93.5 Å². The van der Waals surface area contributed by atoms with Gasteiger partial charge in [-0.05, 0) is 55.4 Å². The van der Waals surface area contributed by atoms with Crippen molar-refractivity contribution < 1.29 is 19.1 Å². The lowest BCUT2D eigenvalue weighted by Gasteiger charge is -2.32. The zero-order valence-electron chi connectivity index (χ0n) is 16.8. The van der Waals surface area contributed by atoms with Crippen LogP contribution in [0.1, 0.15) is 53.1 Å². The van der Waals surface area contributed by atoms with E-state index in [2.05, 4.69) is 5.32 Å². The van der Waals surface area contributed by atoms with E-state index in [1.165, 1.54) is 12.1 Å². The number of rotatable bonds is 5. The lowest BCUT2D eigenvalue weighted by molar-refractivity contribution is -0.143. The van der Waals surface area contributed by atoms with Gasteiger partial charge in [-0.25, -0.2) is 4.39 Å². The number of piperidine rings is 1. The molecular formula is C23H23ClFN3O3. The Labute approximate surface area is 184 Å². The third-order valence-electron chi connectivity index (χ3n) is 5.95. The van der Waals surface area contributed by atoms with E-state index < -0.39 is 23.6 Å². The van der Waals surface area contributed by atoms with E-state index in [0.717, 1.165) is 18.4 Å². The van der Waals surface area contributed by atoms with Gasteiger partial charge in [-0.1, -0.05) is 29.8 Å². The summed E-state index contributed by atoms with van der Waals surface area (Å²) in [6, 6.07) is 9.64. The highest BCUT2D eigenvalue weighted by Crippen LogP contribution is 2.43. The Morgan fingerprint density at radius 1 is 1.06 bits per heavy atom. The summed E-state index contributed by atoms with van der Waals surface area (Å²) in [4.78, 5) is 25.9. The maximum atomic E-state index is 14.8. The molecule has 0 aromatic heterocycles. The molecule has 1 aliphatic heterocycles. The van der Waals surface area contributed by atoms with Crippen LogP contribution in [0.4, 0.5) is 10.1 Å². The summed E-state index contributed by atoms with van der Waals surface area (Å²) in [6.45, 7) is 0.682. The van der Waals surface area contributed by atoms with Gasteiger partial charge < -0.3 is 15.3 Å². The number of aliphatic carboxylic acids is 1. The van der Waals surface area contributed by atoms with Gasteiger partial charge in [0, 0.05) is 13.1 Å². The van der Waals surface area contributed by atoms with E-state index in [4.69, 9.17) is 17.0 Å². The van der Waals surface area contributed by atoms with E-state index in [1.807, 2.05) is 12.1 Å². The molecule has 2 aromatic rings. The maximum Gasteiger partial charge on any atom is 0.306 e. The molecule has 1 aliphatic carbocycles. The number of amidine groups is 1. The Kier molecular flexibility index (Phi) is 5.96. The number of nitrogens with one attached hydrogen (secondary N) is 2. The first kappa shape index (κ1) is 21.3. The molecule has 1 saturated carbocycles. The largest absolute Gasteiger partial charge is 0.481 e. The van der Waals surface area contributed by atoms with Gasteiger partial charge >= 0.3 is 5.97 Å². The number of carboxylic acid groups (broad SMARTS) is 1. The van der Waals surface area contributed by atoms with Crippen LogP contribution < -0.4 is 5.32 Å². The molecule has 1 amide bonds. The SMILES string of the molecule is N=C(c1c(F)cccc1NC(=O)c1c(Cl)cccc1C1CC1)N1CCC(C(=O)O)CC1. The van der Waals surface area contributed by atoms with Crippen molar-refractivity contribution in [2.24, 2.45) is 5.92 Å². The summed E-state index contributed by atoms with van der Waals surface area (Å²) in [5, 5.41) is 20.8. The van der Waals surface area contributed by atoms with Crippen LogP contribution in [0, 0.1) is 17.1 Å². The first-order valence-electron chi connectivity index (χ1n) is 10.3. The van der Waals surface area contributed by atoms with E-state index in [9.17, 15) is 19.1 Å². The quantitative estimate of drug-likeness (QED) is 0.460. The smallest absolute Gasteiger partial charge is 0.306 e. The third kappa shape index (κ3) is 4.42. The Morgan fingerprint density at radius 2 is 1.74 bits per heavy atom. The molecule has 0 atom stereocenters. The minimum atomic E-state index is -0.851. The number of amides is 1. The summed E-state index contributed by atoms with van der Waals surface area (Å²) < 4.78 is 14.8. The van der Waals surface area contributed by atoms with Crippen LogP contribution in [-0.2, 0) is 4.79 Å². The lowest BCUT2D eigenvalue weighted by Crippen LogP contribution is -2.41. The number of hydrogen-bond acceptors (Lipinski definition) is 3. The van der Waals surface area contributed by atoms with Crippen LogP contribution in [0.5, 0.6) is 0 Å². The number of carboxylic acids is 1. The highest BCUT2D eigenvalue weighted by Gasteiger charge is 2.31. The molecule has 0 unspecified atom stereocenters. The van der Waals surface area contributed by atoms with Gasteiger partial charge in [-0.3, -0.25) is 15.0 Å². The second-order valence-electron chi connectivity index (χ2n) is 8.04. The van der Waals surface area contributed by atoms with Crippen molar-refractivity contribution in [3.63, 3.8) is 0 Å². The van der Waals surface area contributed by atoms with Gasteiger partial charge in [0.25, 0.3) is 5.91 Å². The molecule has 2 fully saturated rings. The Balaban J connectivity index is 1.59. The summed E-state index contributed by atoms with van der Waals surface area (Å²) in [5.41, 5.74) is 1.45. The van der Waals surface area contributed by atoms with Crippen LogP contribution in [0.15, 0.2) is 36.4 Å². The van der Waals surface area contributed by atoms with Crippen molar-refractivity contribution in [1.29, 1.82) is 5.41 Å². The highest BCUT2D eigenvalue weighted by atomic mass is 35.5. The fraction of sp³-hybridized carbons (Fsp3) is 0.348. The zero-order chi connectivity index (χ0) is 22.1. The highest BCUT2D eigenvalue weighted by molar-refractivity contribution is 6.34. The molecular weight excluding hydrogens is 421 g/mol. The second-order valence-corrected chi connectivity index (χ2v) is 8.45. The first-order chi connectivity index (χ1) is 14.9. The molecule has 2 aromatic carbocycles. The van der Waals surface area contributed by atoms with Crippen LogP contribution in [0.3, 0.4) is 0 Å². The standard InChI is InChI=1S/C23H23ClFN3O3/c24-16-4-1-3-15(13-7-8-13)19(16)22(29)27-18-6-2-5-17(25)20(18)21(26)28-11-9-14(10-12-28)23(30)31/h1-6,13-14,26H,7-12H2,(H,27,29)(H,30,31). The molecule has 3 N–H and O–H groups in total. The average Bonchev–Trinajstić information content (AvgIpc) is 3.58. The molecule has 0 spiro atoms. The first-order valence-corrected chi connectivity index (χ1v) is 10.7. The number of likely N-dealkylation sites (tertiary alicyclic amines) is 1. The fourth-order valence-electron chi connectivity index (χ4n) is 4.08. The molecule has 0 radical (unpaired) electrons. The zero-order valence-corrected chi connectivity index (χ0v) is 17.6. The summed E-state index contributed by atoms with van der Waals surface area (Å²) in [5.74, 6) is -2.12. The van der Waals surface area contributed by atoms with Crippen molar-refractivity contribution in [3.8, 4) is 0 Å². The molecule has 8 heteroatoms. The van der Waals surface area contributed by atoms with Gasteiger partial charge in [0.15, 0.2) is 0 Å². The van der Waals surface area contributed by atoms with Gasteiger partial charge in [0.1, 0.15) is 11.7 Å². The summed E-state index contributed by atoms with van der Waals surface area (Å²) in [7, 11) is 0. The molecule has 0 bridgehead atoms. The number of benzene rings is 2. The molecule has 1 heterocycles. The normalized spacial score (nSPS) is 16.8. The second kappa shape index (κ2) is 8.67. The van der Waals surface area contributed by atoms with Gasteiger partial charge in [-0.2, -0.15) is 0 Å². The Morgan fingerprint density at radius 3 is 2.39 bits per heavy atom. The molecule has 31 heavy (non-hydrogen) atoms. The number of carbonyl (C=O) groups excluding carboxylic acids is 1. The average molecular weight is 444 g/mol. The van der Waals surface area contributed by atoms with Crippen molar-refractivity contribution >= 4 is 35.0 Å². The third-order valence-corrected chi connectivity index (χ3v) is 6.26. The van der Waals surface area contributed by atoms with Crippen molar-refractivity contribution in [2.45, 2.75) is 31.6 Å². The number of halogens is 2. The Hall–Kier alpha value is -2.93. The number of nitrogens with zero attached hydrogens (tertiary/aromatic N) is 1. The maximum absolute atomic E-state index is 14.8. The van der Waals surface area contributed by atoms with E-state index in [1.54, 1.807) is 17.0 Å². The summed E-state index contributed by atoms with van der Waals surface area (Å²) >= 11 is 6.32. The van der Waals surface area contributed by atoms with E-state index in [-0.39, 0.29) is 17.1 Å². The minimum absolute atomic E-state index is 0.00958. The van der Waals surface area contributed by atoms with Gasteiger partial charge in [-0.15, -0.1) is 0 Å². The molecule has 6 nitrogen and oxygen atoms in total. The van der Waals surface area contributed by atoms with Crippen molar-refractivity contribution in [3.05, 3.63) is 63.9 Å². The minimum Gasteiger partial charge on any atom is -0.481 e. The van der Waals surface area contributed by atoms with Crippen molar-refractivity contribution in [1.82, 2.24) is 4.90 Å². The van der Waals surface area contributed by atoms with E-state index in [0.29, 0.717) is 42.4 Å². The monoisotopic (exact) mass is 443 g/mol. The predicted molar refractivity (Wildman–Crippen MR) is 117 cm³/mol. The van der Waals surface area contributed by atoms with Crippen LogP contribution in [0.2, 0.25) is 5.02 Å². The van der Waals surface area contributed by atoms with Crippen LogP contribution >= 0.6 is 11.6 Å². The fourth-order valence-corrected chi connectivity index (χ4v) is 4.34. The van der Waals surface area contributed by atoms with Crippen molar-refractivity contribution in [2.75, 3.05) is 18.4 Å². The number of hydrogen-bond donors (Lipinski definition) is 3. The van der Waals surface area contributed by atoms with Crippen LogP contribution in [-0.4, -0.2) is 40.8 Å². The number of anilines is 1. The number of carbonyl (C=O) groups is 2. The molecule has 1 saturated heterocycles. The molecule has 2 aliphatic rings. The molecule has 162 valence electrons. The lowest BCUT2D eigenvalue weighted by atomic mass is 9.96. The van der Waals surface area contributed by atoms with E-state index >= 15 is 0 Å². The van der Waals surface area contributed by atoms with Gasteiger partial charge in [0.2, 0.25) is 0 Å². The molecule has 4 rings (SSSR count). The Bertz CT molecular complexity index is 1050. The predicted octanol–water partition coefficient (Wildman–Crippen LogP) is 4.73. The summed E-state index contributed by atoms with van der Waals surface area (Å²) in [6.07, 6.45) is 2.78.